The highest BCUT2D eigenvalue weighted by molar-refractivity contribution is 7.88. The van der Waals surface area contributed by atoms with E-state index in [4.69, 9.17) is 21.1 Å². The fraction of sp³-hybridized carbons (Fsp3) is 0.409. The Morgan fingerprint density at radius 3 is 2.55 bits per heavy atom. The van der Waals surface area contributed by atoms with Crippen LogP contribution in [0, 0.1) is 5.92 Å². The van der Waals surface area contributed by atoms with Gasteiger partial charge in [-0.05, 0) is 36.6 Å². The van der Waals surface area contributed by atoms with E-state index in [1.54, 1.807) is 37.4 Å². The first kappa shape index (κ1) is 23.4. The molecular formula is C22H27ClN2O5S. The molecular weight excluding hydrogens is 440 g/mol. The molecule has 7 nitrogen and oxygen atoms in total. The average Bonchev–Trinajstić information content (AvgIpc) is 2.78. The van der Waals surface area contributed by atoms with Gasteiger partial charge >= 0.3 is 0 Å². The maximum atomic E-state index is 12.7. The minimum atomic E-state index is -3.48. The summed E-state index contributed by atoms with van der Waals surface area (Å²) in [4.78, 5) is 12.4. The second kappa shape index (κ2) is 10.8. The van der Waals surface area contributed by atoms with E-state index in [2.05, 4.69) is 5.32 Å². The molecule has 0 aliphatic carbocycles. The van der Waals surface area contributed by atoms with E-state index in [0.717, 1.165) is 0 Å². The normalized spacial score (nSPS) is 15.4. The van der Waals surface area contributed by atoms with Gasteiger partial charge in [0, 0.05) is 30.1 Å². The Bertz CT molecular complexity index is 991. The molecule has 1 heterocycles. The number of piperidine rings is 1. The standard InChI is InChI=1S/C22H27ClN2O5S/c1-29-19-6-4-7-20(15-19)30-14-11-24-22(26)17-9-12-25(13-10-17)31(27,28)16-18-5-2-3-8-21(18)23/h2-8,15,17H,9-14,16H2,1H3,(H,24,26). The molecule has 1 saturated heterocycles. The van der Waals surface area contributed by atoms with Gasteiger partial charge in [0.1, 0.15) is 18.1 Å². The van der Waals surface area contributed by atoms with Gasteiger partial charge in [-0.1, -0.05) is 35.9 Å². The molecule has 2 aromatic rings. The van der Waals surface area contributed by atoms with Crippen molar-refractivity contribution in [1.29, 1.82) is 0 Å². The highest BCUT2D eigenvalue weighted by Gasteiger charge is 2.31. The zero-order valence-electron chi connectivity index (χ0n) is 17.4. The van der Waals surface area contributed by atoms with Crippen LogP contribution in [0.15, 0.2) is 48.5 Å². The monoisotopic (exact) mass is 466 g/mol. The third-order valence-corrected chi connectivity index (χ3v) is 7.42. The van der Waals surface area contributed by atoms with Gasteiger partial charge in [-0.3, -0.25) is 4.79 Å². The summed E-state index contributed by atoms with van der Waals surface area (Å²) in [7, 11) is -1.89. The second-order valence-corrected chi connectivity index (χ2v) is 9.72. The number of hydrogen-bond acceptors (Lipinski definition) is 5. The van der Waals surface area contributed by atoms with Gasteiger partial charge in [0.25, 0.3) is 0 Å². The van der Waals surface area contributed by atoms with E-state index < -0.39 is 10.0 Å². The molecule has 3 rings (SSSR count). The number of sulfonamides is 1. The molecule has 0 bridgehead atoms. The van der Waals surface area contributed by atoms with Crippen LogP contribution in [0.5, 0.6) is 11.5 Å². The van der Waals surface area contributed by atoms with Gasteiger partial charge < -0.3 is 14.8 Å². The van der Waals surface area contributed by atoms with Crippen LogP contribution >= 0.6 is 11.6 Å². The predicted octanol–water partition coefficient (Wildman–Crippen LogP) is 3.09. The van der Waals surface area contributed by atoms with Crippen molar-refractivity contribution in [2.45, 2.75) is 18.6 Å². The third-order valence-electron chi connectivity index (χ3n) is 5.23. The largest absolute Gasteiger partial charge is 0.497 e. The average molecular weight is 467 g/mol. The fourth-order valence-corrected chi connectivity index (χ4v) is 5.35. The maximum Gasteiger partial charge on any atom is 0.223 e. The van der Waals surface area contributed by atoms with Crippen LogP contribution in [0.4, 0.5) is 0 Å². The molecule has 0 saturated carbocycles. The summed E-state index contributed by atoms with van der Waals surface area (Å²) in [5, 5.41) is 3.31. The molecule has 168 valence electrons. The number of benzene rings is 2. The second-order valence-electron chi connectivity index (χ2n) is 7.34. The van der Waals surface area contributed by atoms with Crippen LogP contribution in [0.25, 0.3) is 0 Å². The van der Waals surface area contributed by atoms with E-state index in [-0.39, 0.29) is 17.6 Å². The number of hydrogen-bond donors (Lipinski definition) is 1. The fourth-order valence-electron chi connectivity index (χ4n) is 3.48. The minimum absolute atomic E-state index is 0.0719. The predicted molar refractivity (Wildman–Crippen MR) is 120 cm³/mol. The van der Waals surface area contributed by atoms with Crippen LogP contribution in [0.2, 0.25) is 5.02 Å². The molecule has 1 amide bonds. The zero-order chi connectivity index (χ0) is 22.3. The molecule has 0 radical (unpaired) electrons. The molecule has 0 aromatic heterocycles. The molecule has 9 heteroatoms. The Morgan fingerprint density at radius 2 is 1.84 bits per heavy atom. The van der Waals surface area contributed by atoms with Gasteiger partial charge in [0.05, 0.1) is 19.4 Å². The number of halogens is 1. The summed E-state index contributed by atoms with van der Waals surface area (Å²) in [6.07, 6.45) is 0.981. The van der Waals surface area contributed by atoms with Crippen molar-refractivity contribution in [1.82, 2.24) is 9.62 Å². The Kier molecular flexibility index (Phi) is 8.17. The molecule has 1 N–H and O–H groups in total. The van der Waals surface area contributed by atoms with Crippen molar-refractivity contribution in [3.05, 3.63) is 59.1 Å². The molecule has 2 aromatic carbocycles. The number of amides is 1. The van der Waals surface area contributed by atoms with E-state index in [0.29, 0.717) is 61.2 Å². The molecule has 0 atom stereocenters. The summed E-state index contributed by atoms with van der Waals surface area (Å²) in [6.45, 7) is 1.36. The molecule has 0 unspecified atom stereocenters. The van der Waals surface area contributed by atoms with E-state index in [1.807, 2.05) is 18.2 Å². The van der Waals surface area contributed by atoms with Gasteiger partial charge in [-0.25, -0.2) is 12.7 Å². The lowest BCUT2D eigenvalue weighted by Crippen LogP contribution is -2.43. The lowest BCUT2D eigenvalue weighted by molar-refractivity contribution is -0.126. The van der Waals surface area contributed by atoms with Crippen LogP contribution < -0.4 is 14.8 Å². The maximum absolute atomic E-state index is 12.7. The van der Waals surface area contributed by atoms with Crippen molar-refractivity contribution in [3.63, 3.8) is 0 Å². The summed E-state index contributed by atoms with van der Waals surface area (Å²) >= 11 is 6.10. The van der Waals surface area contributed by atoms with Gasteiger partial charge in [-0.15, -0.1) is 0 Å². The van der Waals surface area contributed by atoms with Crippen LogP contribution in [0.1, 0.15) is 18.4 Å². The Labute approximate surface area is 188 Å². The highest BCUT2D eigenvalue weighted by atomic mass is 35.5. The molecule has 31 heavy (non-hydrogen) atoms. The van der Waals surface area contributed by atoms with E-state index >= 15 is 0 Å². The summed E-state index contributed by atoms with van der Waals surface area (Å²) < 4.78 is 37.7. The highest BCUT2D eigenvalue weighted by Crippen LogP contribution is 2.24. The first-order valence-electron chi connectivity index (χ1n) is 10.1. The smallest absolute Gasteiger partial charge is 0.223 e. The number of carbonyl (C=O) groups is 1. The SMILES string of the molecule is COc1cccc(OCCNC(=O)C2CCN(S(=O)(=O)Cc3ccccc3Cl)CC2)c1. The summed E-state index contributed by atoms with van der Waals surface area (Å²) in [5.74, 6) is 0.968. The topological polar surface area (TPSA) is 84.9 Å². The minimum Gasteiger partial charge on any atom is -0.497 e. The van der Waals surface area contributed by atoms with Crippen molar-refractivity contribution >= 4 is 27.5 Å². The number of methoxy groups -OCH3 is 1. The van der Waals surface area contributed by atoms with Gasteiger partial charge in [0.15, 0.2) is 0 Å². The Hall–Kier alpha value is -2.29. The lowest BCUT2D eigenvalue weighted by atomic mass is 9.97. The number of nitrogens with one attached hydrogen (secondary N) is 1. The molecule has 1 aliphatic heterocycles. The van der Waals surface area contributed by atoms with E-state index in [1.165, 1.54) is 4.31 Å². The first-order valence-corrected chi connectivity index (χ1v) is 12.1. The molecule has 1 fully saturated rings. The van der Waals surface area contributed by atoms with Gasteiger partial charge in [0.2, 0.25) is 15.9 Å². The molecule has 1 aliphatic rings. The van der Waals surface area contributed by atoms with Crippen LogP contribution in [-0.2, 0) is 20.6 Å². The number of ether oxygens (including phenoxy) is 2. The van der Waals surface area contributed by atoms with Gasteiger partial charge in [-0.2, -0.15) is 0 Å². The van der Waals surface area contributed by atoms with Crippen LogP contribution in [0.3, 0.4) is 0 Å². The van der Waals surface area contributed by atoms with E-state index in [9.17, 15) is 13.2 Å². The summed E-state index contributed by atoms with van der Waals surface area (Å²) in [6, 6.07) is 14.2. The zero-order valence-corrected chi connectivity index (χ0v) is 19.0. The first-order chi connectivity index (χ1) is 14.9. The van der Waals surface area contributed by atoms with Crippen molar-refractivity contribution < 1.29 is 22.7 Å². The number of rotatable bonds is 9. The summed E-state index contributed by atoms with van der Waals surface area (Å²) in [5.41, 5.74) is 0.583. The third kappa shape index (κ3) is 6.59. The number of nitrogens with zero attached hydrogens (tertiary/aromatic N) is 1. The lowest BCUT2D eigenvalue weighted by Gasteiger charge is -2.30. The van der Waals surface area contributed by atoms with Crippen LogP contribution in [-0.4, -0.2) is 52.0 Å². The Balaban J connectivity index is 1.41. The quantitative estimate of drug-likeness (QED) is 0.574. The van der Waals surface area contributed by atoms with Crippen molar-refractivity contribution in [3.8, 4) is 11.5 Å². The Morgan fingerprint density at radius 1 is 1.13 bits per heavy atom. The number of carbonyl (C=O) groups excluding carboxylic acids is 1. The van der Waals surface area contributed by atoms with Crippen molar-refractivity contribution in [2.24, 2.45) is 5.92 Å². The molecule has 0 spiro atoms. The van der Waals surface area contributed by atoms with Crippen molar-refractivity contribution in [2.75, 3.05) is 33.4 Å².